The van der Waals surface area contributed by atoms with E-state index in [0.29, 0.717) is 34.8 Å². The first kappa shape index (κ1) is 23.9. The van der Waals surface area contributed by atoms with E-state index >= 15 is 0 Å². The third-order valence-corrected chi connectivity index (χ3v) is 5.49. The molecule has 1 aromatic heterocycles. The number of hydrogen-bond donors (Lipinski definition) is 1. The lowest BCUT2D eigenvalue weighted by Gasteiger charge is -2.07. The van der Waals surface area contributed by atoms with Gasteiger partial charge in [0.2, 0.25) is 5.16 Å². The van der Waals surface area contributed by atoms with E-state index < -0.39 is 0 Å². The SMILES string of the molecule is COc1ccc(C=CC(=O)C=Cc2ccc(OCCSc3nnc(C)n3N)cc2)cc1OC. The summed E-state index contributed by atoms with van der Waals surface area (Å²) < 4.78 is 17.7. The molecule has 0 saturated heterocycles. The number of ketones is 1. The minimum Gasteiger partial charge on any atom is -0.493 e. The normalized spacial score (nSPS) is 11.2. The van der Waals surface area contributed by atoms with Crippen LogP contribution in [0, 0.1) is 6.92 Å². The molecule has 0 aliphatic carbocycles. The molecule has 172 valence electrons. The van der Waals surface area contributed by atoms with Crippen molar-refractivity contribution in [3.05, 3.63) is 71.6 Å². The lowest BCUT2D eigenvalue weighted by Crippen LogP contribution is -2.12. The van der Waals surface area contributed by atoms with Crippen LogP contribution in [0.2, 0.25) is 0 Å². The van der Waals surface area contributed by atoms with Crippen molar-refractivity contribution in [3.63, 3.8) is 0 Å². The molecule has 2 N–H and O–H groups in total. The zero-order valence-electron chi connectivity index (χ0n) is 18.7. The fourth-order valence-corrected chi connectivity index (χ4v) is 3.50. The molecular weight excluding hydrogens is 440 g/mol. The Bertz CT molecular complexity index is 1140. The lowest BCUT2D eigenvalue weighted by molar-refractivity contribution is -0.110. The second kappa shape index (κ2) is 11.8. The molecule has 3 aromatic rings. The maximum Gasteiger partial charge on any atom is 0.209 e. The summed E-state index contributed by atoms with van der Waals surface area (Å²) in [6.45, 7) is 2.30. The number of ether oxygens (including phenoxy) is 3. The largest absolute Gasteiger partial charge is 0.493 e. The van der Waals surface area contributed by atoms with Crippen LogP contribution in [0.25, 0.3) is 12.2 Å². The molecule has 8 nitrogen and oxygen atoms in total. The maximum absolute atomic E-state index is 12.2. The van der Waals surface area contributed by atoms with Gasteiger partial charge in [-0.25, -0.2) is 4.68 Å². The summed E-state index contributed by atoms with van der Waals surface area (Å²) in [5, 5.41) is 8.56. The van der Waals surface area contributed by atoms with Gasteiger partial charge in [0, 0.05) is 5.75 Å². The number of thioether (sulfide) groups is 1. The van der Waals surface area contributed by atoms with Gasteiger partial charge in [0.05, 0.1) is 20.8 Å². The van der Waals surface area contributed by atoms with Gasteiger partial charge in [-0.2, -0.15) is 0 Å². The second-order valence-corrected chi connectivity index (χ2v) is 7.91. The highest BCUT2D eigenvalue weighted by molar-refractivity contribution is 7.99. The monoisotopic (exact) mass is 466 g/mol. The van der Waals surface area contributed by atoms with Crippen molar-refractivity contribution in [2.45, 2.75) is 12.1 Å². The topological polar surface area (TPSA) is 101 Å². The first-order valence-electron chi connectivity index (χ1n) is 10.1. The van der Waals surface area contributed by atoms with Crippen molar-refractivity contribution in [2.75, 3.05) is 32.4 Å². The Morgan fingerprint density at radius 2 is 1.67 bits per heavy atom. The summed E-state index contributed by atoms with van der Waals surface area (Å²) in [6.07, 6.45) is 6.53. The molecule has 0 unspecified atom stereocenters. The molecule has 0 aliphatic rings. The number of nitrogens with zero attached hydrogens (tertiary/aromatic N) is 3. The number of methoxy groups -OCH3 is 2. The average Bonchev–Trinajstić information content (AvgIpc) is 3.16. The minimum atomic E-state index is -0.120. The first-order valence-corrected chi connectivity index (χ1v) is 11.1. The highest BCUT2D eigenvalue weighted by Crippen LogP contribution is 2.28. The molecule has 3 rings (SSSR count). The Morgan fingerprint density at radius 3 is 2.30 bits per heavy atom. The number of benzene rings is 2. The van der Waals surface area contributed by atoms with Gasteiger partial charge >= 0.3 is 0 Å². The third-order valence-electron chi connectivity index (χ3n) is 4.59. The summed E-state index contributed by atoms with van der Waals surface area (Å²) in [6, 6.07) is 13.0. The van der Waals surface area contributed by atoms with Crippen LogP contribution in [0.4, 0.5) is 0 Å². The van der Waals surface area contributed by atoms with Gasteiger partial charge < -0.3 is 20.1 Å². The van der Waals surface area contributed by atoms with E-state index in [1.54, 1.807) is 39.4 Å². The molecule has 0 fully saturated rings. The Kier molecular flexibility index (Phi) is 8.54. The van der Waals surface area contributed by atoms with Crippen LogP contribution in [-0.2, 0) is 4.79 Å². The highest BCUT2D eigenvalue weighted by atomic mass is 32.2. The molecule has 0 amide bonds. The van der Waals surface area contributed by atoms with Crippen LogP contribution >= 0.6 is 11.8 Å². The van der Waals surface area contributed by atoms with Crippen LogP contribution in [0.1, 0.15) is 17.0 Å². The predicted molar refractivity (Wildman–Crippen MR) is 130 cm³/mol. The number of carbonyl (C=O) groups is 1. The van der Waals surface area contributed by atoms with E-state index in [1.807, 2.05) is 36.4 Å². The first-order chi connectivity index (χ1) is 16.0. The molecule has 0 aliphatic heterocycles. The van der Waals surface area contributed by atoms with E-state index in [9.17, 15) is 4.79 Å². The molecule has 1 heterocycles. The molecule has 0 atom stereocenters. The van der Waals surface area contributed by atoms with Crippen molar-refractivity contribution in [1.29, 1.82) is 0 Å². The number of aromatic nitrogens is 3. The minimum absolute atomic E-state index is 0.120. The molecule has 9 heteroatoms. The fourth-order valence-electron chi connectivity index (χ4n) is 2.78. The lowest BCUT2D eigenvalue weighted by atomic mass is 10.1. The predicted octanol–water partition coefficient (Wildman–Crippen LogP) is 3.78. The van der Waals surface area contributed by atoms with Crippen molar-refractivity contribution >= 4 is 29.7 Å². The number of hydrogen-bond acceptors (Lipinski definition) is 8. The number of allylic oxidation sites excluding steroid dienone is 2. The average molecular weight is 467 g/mol. The van der Waals surface area contributed by atoms with E-state index in [4.69, 9.17) is 20.1 Å². The standard InChI is InChI=1S/C24H26N4O4S/c1-17-26-27-24(28(17)25)33-15-14-32-21-11-6-18(7-12-21)4-9-20(29)10-5-19-8-13-22(30-2)23(16-19)31-3/h4-13,16H,14-15,25H2,1-3H3. The Labute approximate surface area is 197 Å². The van der Waals surface area contributed by atoms with E-state index in [1.165, 1.54) is 28.6 Å². The Hall–Kier alpha value is -3.72. The van der Waals surface area contributed by atoms with Crippen molar-refractivity contribution < 1.29 is 19.0 Å². The van der Waals surface area contributed by atoms with E-state index in [0.717, 1.165) is 16.9 Å². The van der Waals surface area contributed by atoms with Crippen molar-refractivity contribution in [2.24, 2.45) is 0 Å². The van der Waals surface area contributed by atoms with Gasteiger partial charge in [0.25, 0.3) is 0 Å². The smallest absolute Gasteiger partial charge is 0.209 e. The molecule has 0 saturated carbocycles. The zero-order chi connectivity index (χ0) is 23.6. The number of carbonyl (C=O) groups excluding carboxylic acids is 1. The fraction of sp³-hybridized carbons (Fsp3) is 0.208. The summed E-state index contributed by atoms with van der Waals surface area (Å²) in [5.41, 5.74) is 1.74. The number of nitrogens with two attached hydrogens (primary N) is 1. The van der Waals surface area contributed by atoms with Gasteiger partial charge in [-0.15, -0.1) is 10.2 Å². The van der Waals surface area contributed by atoms with Crippen LogP contribution in [-0.4, -0.2) is 47.2 Å². The summed E-state index contributed by atoms with van der Waals surface area (Å²) in [5.74, 6) is 9.06. The van der Waals surface area contributed by atoms with Crippen molar-refractivity contribution in [1.82, 2.24) is 14.9 Å². The quantitative estimate of drug-likeness (QED) is 0.197. The van der Waals surface area contributed by atoms with Crippen LogP contribution in [0.5, 0.6) is 17.2 Å². The number of nitrogen functional groups attached to an aromatic ring is 1. The van der Waals surface area contributed by atoms with Gasteiger partial charge in [-0.1, -0.05) is 42.1 Å². The van der Waals surface area contributed by atoms with Gasteiger partial charge in [-0.3, -0.25) is 4.79 Å². The van der Waals surface area contributed by atoms with Gasteiger partial charge in [-0.05, 0) is 54.5 Å². The third kappa shape index (κ3) is 6.88. The zero-order valence-corrected chi connectivity index (χ0v) is 19.5. The molecule has 0 radical (unpaired) electrons. The molecule has 2 aromatic carbocycles. The van der Waals surface area contributed by atoms with E-state index in [-0.39, 0.29) is 5.78 Å². The van der Waals surface area contributed by atoms with Gasteiger partial charge in [0.1, 0.15) is 11.6 Å². The molecular formula is C24H26N4O4S. The van der Waals surface area contributed by atoms with Gasteiger partial charge in [0.15, 0.2) is 17.3 Å². The number of rotatable bonds is 11. The molecule has 33 heavy (non-hydrogen) atoms. The summed E-state index contributed by atoms with van der Waals surface area (Å²) >= 11 is 1.48. The van der Waals surface area contributed by atoms with Crippen LogP contribution in [0.3, 0.4) is 0 Å². The maximum atomic E-state index is 12.2. The molecule has 0 spiro atoms. The van der Waals surface area contributed by atoms with Crippen LogP contribution in [0.15, 0.2) is 59.8 Å². The highest BCUT2D eigenvalue weighted by Gasteiger charge is 2.06. The van der Waals surface area contributed by atoms with Crippen LogP contribution < -0.4 is 20.1 Å². The molecule has 0 bridgehead atoms. The number of aryl methyl sites for hydroxylation is 1. The Balaban J connectivity index is 1.46. The summed E-state index contributed by atoms with van der Waals surface area (Å²) in [4.78, 5) is 12.2. The summed E-state index contributed by atoms with van der Waals surface area (Å²) in [7, 11) is 3.16. The second-order valence-electron chi connectivity index (χ2n) is 6.85. The Morgan fingerprint density at radius 1 is 1.00 bits per heavy atom. The van der Waals surface area contributed by atoms with Crippen molar-refractivity contribution in [3.8, 4) is 17.2 Å². The van der Waals surface area contributed by atoms with E-state index in [2.05, 4.69) is 10.2 Å².